The first kappa shape index (κ1) is 15.9. The molecule has 0 fully saturated rings. The monoisotopic (exact) mass is 320 g/mol. The van der Waals surface area contributed by atoms with E-state index in [-0.39, 0.29) is 5.75 Å². The highest BCUT2D eigenvalue weighted by Gasteiger charge is 2.06. The summed E-state index contributed by atoms with van der Waals surface area (Å²) >= 11 is 2.78. The third-order valence-corrected chi connectivity index (χ3v) is 4.46. The van der Waals surface area contributed by atoms with Gasteiger partial charge in [-0.1, -0.05) is 53.4 Å². The van der Waals surface area contributed by atoms with Gasteiger partial charge in [-0.05, 0) is 25.5 Å². The first-order valence-electron chi connectivity index (χ1n) is 6.41. The SMILES string of the molecule is Cc1ccc(CSc2nc(C)cc(SCC(=O)O)n2)cc1. The molecule has 1 aromatic heterocycles. The predicted molar refractivity (Wildman–Crippen MR) is 85.9 cm³/mol. The molecule has 1 heterocycles. The van der Waals surface area contributed by atoms with E-state index < -0.39 is 5.97 Å². The average molecular weight is 320 g/mol. The number of carbonyl (C=O) groups is 1. The van der Waals surface area contributed by atoms with Crippen molar-refractivity contribution in [2.24, 2.45) is 0 Å². The maximum atomic E-state index is 10.6. The fourth-order valence-corrected chi connectivity index (χ4v) is 3.21. The maximum Gasteiger partial charge on any atom is 0.313 e. The summed E-state index contributed by atoms with van der Waals surface area (Å²) in [6.45, 7) is 3.95. The molecule has 1 aromatic carbocycles. The smallest absolute Gasteiger partial charge is 0.313 e. The standard InChI is InChI=1S/C15H16N2O2S2/c1-10-3-5-12(6-4-10)8-21-15-16-11(2)7-13(17-15)20-9-14(18)19/h3-7H,8-9H2,1-2H3,(H,18,19). The molecule has 2 rings (SSSR count). The Morgan fingerprint density at radius 1 is 1.14 bits per heavy atom. The van der Waals surface area contributed by atoms with E-state index in [0.717, 1.165) is 11.4 Å². The Morgan fingerprint density at radius 2 is 1.86 bits per heavy atom. The Bertz CT molecular complexity index is 630. The van der Waals surface area contributed by atoms with E-state index in [9.17, 15) is 4.79 Å². The van der Waals surface area contributed by atoms with Crippen LogP contribution in [0.15, 0.2) is 40.5 Å². The molecule has 6 heteroatoms. The van der Waals surface area contributed by atoms with Crippen molar-refractivity contribution < 1.29 is 9.90 Å². The minimum absolute atomic E-state index is 0.0124. The van der Waals surface area contributed by atoms with Gasteiger partial charge in [-0.3, -0.25) is 4.79 Å². The van der Waals surface area contributed by atoms with Crippen LogP contribution in [0.4, 0.5) is 0 Å². The van der Waals surface area contributed by atoms with Crippen molar-refractivity contribution in [3.8, 4) is 0 Å². The number of carboxylic acids is 1. The first-order valence-corrected chi connectivity index (χ1v) is 8.38. The molecule has 0 radical (unpaired) electrons. The van der Waals surface area contributed by atoms with Crippen molar-refractivity contribution in [2.45, 2.75) is 29.8 Å². The highest BCUT2D eigenvalue weighted by Crippen LogP contribution is 2.23. The number of carboxylic acid groups (broad SMARTS) is 1. The summed E-state index contributed by atoms with van der Waals surface area (Å²) in [6, 6.07) is 10.2. The van der Waals surface area contributed by atoms with E-state index in [4.69, 9.17) is 5.11 Å². The van der Waals surface area contributed by atoms with E-state index in [2.05, 4.69) is 41.2 Å². The van der Waals surface area contributed by atoms with Crippen LogP contribution in [0.5, 0.6) is 0 Å². The molecule has 0 amide bonds. The van der Waals surface area contributed by atoms with Crippen molar-refractivity contribution in [3.05, 3.63) is 47.2 Å². The molecule has 0 aliphatic rings. The fourth-order valence-electron chi connectivity index (χ4n) is 1.62. The van der Waals surface area contributed by atoms with Crippen molar-refractivity contribution >= 4 is 29.5 Å². The molecule has 21 heavy (non-hydrogen) atoms. The zero-order valence-electron chi connectivity index (χ0n) is 11.9. The summed E-state index contributed by atoms with van der Waals surface area (Å²) < 4.78 is 0. The number of aliphatic carboxylic acids is 1. The summed E-state index contributed by atoms with van der Waals surface area (Å²) in [4.78, 5) is 19.4. The van der Waals surface area contributed by atoms with Gasteiger partial charge in [0.05, 0.1) is 5.75 Å². The molecule has 0 bridgehead atoms. The van der Waals surface area contributed by atoms with Gasteiger partial charge in [-0.15, -0.1) is 0 Å². The quantitative estimate of drug-likeness (QED) is 0.499. The normalized spacial score (nSPS) is 10.6. The lowest BCUT2D eigenvalue weighted by atomic mass is 10.2. The second-order valence-electron chi connectivity index (χ2n) is 4.59. The Morgan fingerprint density at radius 3 is 2.52 bits per heavy atom. The van der Waals surface area contributed by atoms with Crippen LogP contribution in [-0.2, 0) is 10.5 Å². The van der Waals surface area contributed by atoms with Gasteiger partial charge in [0.15, 0.2) is 5.16 Å². The number of rotatable bonds is 6. The van der Waals surface area contributed by atoms with Crippen molar-refractivity contribution in [2.75, 3.05) is 5.75 Å². The molecular weight excluding hydrogens is 304 g/mol. The van der Waals surface area contributed by atoms with Crippen LogP contribution in [0.3, 0.4) is 0 Å². The summed E-state index contributed by atoms with van der Waals surface area (Å²) in [7, 11) is 0. The van der Waals surface area contributed by atoms with Gasteiger partial charge in [-0.2, -0.15) is 0 Å². The summed E-state index contributed by atoms with van der Waals surface area (Å²) in [6.07, 6.45) is 0. The molecule has 0 aliphatic carbocycles. The largest absolute Gasteiger partial charge is 0.481 e. The fraction of sp³-hybridized carbons (Fsp3) is 0.267. The molecule has 110 valence electrons. The lowest BCUT2D eigenvalue weighted by molar-refractivity contribution is -0.133. The lowest BCUT2D eigenvalue weighted by Crippen LogP contribution is -1.99. The molecular formula is C15H16N2O2S2. The molecule has 0 saturated carbocycles. The topological polar surface area (TPSA) is 63.1 Å². The summed E-state index contributed by atoms with van der Waals surface area (Å²) in [5, 5.41) is 10.1. The number of thioether (sulfide) groups is 2. The lowest BCUT2D eigenvalue weighted by Gasteiger charge is -2.05. The third-order valence-electron chi connectivity index (χ3n) is 2.64. The molecule has 0 atom stereocenters. The number of nitrogens with zero attached hydrogens (tertiary/aromatic N) is 2. The third kappa shape index (κ3) is 5.40. The molecule has 1 N–H and O–H groups in total. The van der Waals surface area contributed by atoms with Crippen LogP contribution in [0.25, 0.3) is 0 Å². The average Bonchev–Trinajstić information content (AvgIpc) is 2.44. The van der Waals surface area contributed by atoms with Crippen LogP contribution in [0, 0.1) is 13.8 Å². The van der Waals surface area contributed by atoms with Gasteiger partial charge in [0.1, 0.15) is 5.03 Å². The minimum atomic E-state index is -0.842. The molecule has 0 spiro atoms. The number of hydrogen-bond acceptors (Lipinski definition) is 5. The van der Waals surface area contributed by atoms with Gasteiger partial charge in [0, 0.05) is 11.4 Å². The first-order chi connectivity index (χ1) is 10.0. The van der Waals surface area contributed by atoms with Crippen molar-refractivity contribution in [1.82, 2.24) is 9.97 Å². The predicted octanol–water partition coefficient (Wildman–Crippen LogP) is 3.56. The molecule has 0 saturated heterocycles. The van der Waals surface area contributed by atoms with Crippen LogP contribution in [-0.4, -0.2) is 26.8 Å². The summed E-state index contributed by atoms with van der Waals surface area (Å²) in [5.41, 5.74) is 3.31. The Labute approximate surface area is 132 Å². The second kappa shape index (κ2) is 7.47. The van der Waals surface area contributed by atoms with Crippen LogP contribution in [0.2, 0.25) is 0 Å². The van der Waals surface area contributed by atoms with Gasteiger partial charge >= 0.3 is 5.97 Å². The van der Waals surface area contributed by atoms with Crippen LogP contribution >= 0.6 is 23.5 Å². The molecule has 0 aliphatic heterocycles. The molecule has 2 aromatic rings. The van der Waals surface area contributed by atoms with Crippen molar-refractivity contribution in [1.29, 1.82) is 0 Å². The van der Waals surface area contributed by atoms with E-state index in [1.54, 1.807) is 11.8 Å². The Balaban J connectivity index is 2.02. The Hall–Kier alpha value is -1.53. The van der Waals surface area contributed by atoms with Crippen molar-refractivity contribution in [3.63, 3.8) is 0 Å². The van der Waals surface area contributed by atoms with E-state index in [0.29, 0.717) is 10.2 Å². The minimum Gasteiger partial charge on any atom is -0.481 e. The zero-order chi connectivity index (χ0) is 15.2. The highest BCUT2D eigenvalue weighted by atomic mass is 32.2. The zero-order valence-corrected chi connectivity index (χ0v) is 13.5. The molecule has 0 unspecified atom stereocenters. The number of aryl methyl sites for hydroxylation is 2. The number of aromatic nitrogens is 2. The maximum absolute atomic E-state index is 10.6. The molecule has 4 nitrogen and oxygen atoms in total. The second-order valence-corrected chi connectivity index (χ2v) is 6.52. The van der Waals surface area contributed by atoms with E-state index in [1.165, 1.54) is 22.9 Å². The van der Waals surface area contributed by atoms with Gasteiger partial charge < -0.3 is 5.11 Å². The van der Waals surface area contributed by atoms with E-state index in [1.807, 2.05) is 13.0 Å². The number of benzene rings is 1. The van der Waals surface area contributed by atoms with Crippen LogP contribution in [0.1, 0.15) is 16.8 Å². The van der Waals surface area contributed by atoms with Crippen LogP contribution < -0.4 is 0 Å². The number of hydrogen-bond donors (Lipinski definition) is 1. The van der Waals surface area contributed by atoms with Gasteiger partial charge in [0.2, 0.25) is 0 Å². The van der Waals surface area contributed by atoms with E-state index >= 15 is 0 Å². The van der Waals surface area contributed by atoms with Gasteiger partial charge in [-0.25, -0.2) is 9.97 Å². The summed E-state index contributed by atoms with van der Waals surface area (Å²) in [5.74, 6) is -0.0317. The highest BCUT2D eigenvalue weighted by molar-refractivity contribution is 8.00. The van der Waals surface area contributed by atoms with Gasteiger partial charge in [0.25, 0.3) is 0 Å². The Kier molecular flexibility index (Phi) is 5.64.